The quantitative estimate of drug-likeness (QED) is 0.453. The third-order valence-corrected chi connectivity index (χ3v) is 3.88. The van der Waals surface area contributed by atoms with Gasteiger partial charge in [-0.15, -0.1) is 0 Å². The number of ether oxygens (including phenoxy) is 2. The molecule has 1 aromatic rings. The predicted molar refractivity (Wildman–Crippen MR) is 83.3 cm³/mol. The van der Waals surface area contributed by atoms with Gasteiger partial charge in [0, 0.05) is 25.2 Å². The van der Waals surface area contributed by atoms with E-state index in [9.17, 15) is 14.9 Å². The highest BCUT2D eigenvalue weighted by molar-refractivity contribution is 5.71. The molecule has 0 bridgehead atoms. The highest BCUT2D eigenvalue weighted by atomic mass is 16.6. The predicted octanol–water partition coefficient (Wildman–Crippen LogP) is 0.940. The summed E-state index contributed by atoms with van der Waals surface area (Å²) in [5.74, 6) is -0.522. The van der Waals surface area contributed by atoms with Crippen molar-refractivity contribution < 1.29 is 19.2 Å². The number of rotatable bonds is 7. The van der Waals surface area contributed by atoms with Gasteiger partial charge in [-0.2, -0.15) is 0 Å². The maximum absolute atomic E-state index is 11.2. The second-order valence-corrected chi connectivity index (χ2v) is 5.49. The Balaban J connectivity index is 2.08. The van der Waals surface area contributed by atoms with Gasteiger partial charge in [0.2, 0.25) is 0 Å². The first-order chi connectivity index (χ1) is 11.0. The molecular formula is C15H21N3O5. The number of carbonyl (C=O) groups excluding carboxylic acids is 1. The molecule has 23 heavy (non-hydrogen) atoms. The van der Waals surface area contributed by atoms with Crippen molar-refractivity contribution in [2.24, 2.45) is 0 Å². The number of esters is 1. The molecule has 0 amide bonds. The van der Waals surface area contributed by atoms with Crippen molar-refractivity contribution in [1.82, 2.24) is 10.2 Å². The lowest BCUT2D eigenvalue weighted by Crippen LogP contribution is -2.32. The van der Waals surface area contributed by atoms with Gasteiger partial charge in [0.25, 0.3) is 0 Å². The van der Waals surface area contributed by atoms with E-state index >= 15 is 0 Å². The molecule has 1 N–H and O–H groups in total. The maximum atomic E-state index is 11.2. The molecule has 1 aliphatic rings. The monoisotopic (exact) mass is 323 g/mol. The van der Waals surface area contributed by atoms with E-state index < -0.39 is 10.9 Å². The van der Waals surface area contributed by atoms with Crippen LogP contribution in [0.4, 0.5) is 5.69 Å². The zero-order valence-electron chi connectivity index (χ0n) is 13.3. The number of nitro groups is 1. The summed E-state index contributed by atoms with van der Waals surface area (Å²) < 4.78 is 9.63. The first kappa shape index (κ1) is 17.2. The lowest BCUT2D eigenvalue weighted by atomic mass is 10.1. The van der Waals surface area contributed by atoms with Crippen molar-refractivity contribution >= 4 is 11.7 Å². The summed E-state index contributed by atoms with van der Waals surface area (Å²) in [4.78, 5) is 24.0. The Labute approximate surface area is 134 Å². The first-order valence-corrected chi connectivity index (χ1v) is 7.39. The summed E-state index contributed by atoms with van der Waals surface area (Å²) in [6.45, 7) is 2.18. The van der Waals surface area contributed by atoms with Crippen LogP contribution in [-0.2, 0) is 16.1 Å². The number of hydrogen-bond acceptors (Lipinski definition) is 7. The number of nitrogens with zero attached hydrogens (tertiary/aromatic N) is 2. The topological polar surface area (TPSA) is 93.9 Å². The maximum Gasteiger partial charge on any atom is 0.343 e. The van der Waals surface area contributed by atoms with Crippen molar-refractivity contribution in [3.63, 3.8) is 0 Å². The largest absolute Gasteiger partial charge is 0.475 e. The zero-order valence-corrected chi connectivity index (χ0v) is 13.3. The highest BCUT2D eigenvalue weighted by Gasteiger charge is 2.21. The fourth-order valence-corrected chi connectivity index (χ4v) is 2.55. The van der Waals surface area contributed by atoms with E-state index in [-0.39, 0.29) is 18.0 Å². The third kappa shape index (κ3) is 4.64. The molecule has 1 fully saturated rings. The lowest BCUT2D eigenvalue weighted by molar-refractivity contribution is -0.385. The Morgan fingerprint density at radius 3 is 2.91 bits per heavy atom. The van der Waals surface area contributed by atoms with Crippen LogP contribution in [0.1, 0.15) is 12.0 Å². The van der Waals surface area contributed by atoms with E-state index in [0.29, 0.717) is 12.6 Å². The summed E-state index contributed by atoms with van der Waals surface area (Å²) >= 11 is 0. The van der Waals surface area contributed by atoms with Gasteiger partial charge < -0.3 is 14.8 Å². The summed E-state index contributed by atoms with van der Waals surface area (Å²) in [5, 5.41) is 14.5. The van der Waals surface area contributed by atoms with Gasteiger partial charge in [0.1, 0.15) is 0 Å². The number of hydrogen-bond donors (Lipinski definition) is 1. The molecule has 1 unspecified atom stereocenters. The molecule has 0 radical (unpaired) electrons. The van der Waals surface area contributed by atoms with E-state index in [2.05, 4.69) is 15.0 Å². The molecule has 1 heterocycles. The fraction of sp³-hybridized carbons (Fsp3) is 0.533. The summed E-state index contributed by atoms with van der Waals surface area (Å²) in [7, 11) is 3.24. The minimum atomic E-state index is -0.586. The van der Waals surface area contributed by atoms with Crippen LogP contribution in [0.2, 0.25) is 0 Å². The Hall–Kier alpha value is -2.19. The van der Waals surface area contributed by atoms with Crippen LogP contribution in [0.3, 0.4) is 0 Å². The normalized spacial score (nSPS) is 17.3. The standard InChI is InChI=1S/C15H21N3O5/c1-17(12-5-6-16-8-12)9-11-3-4-14(13(7-11)18(20)21)23-10-15(19)22-2/h3-4,7,12,16H,5-6,8-10H2,1-2H3. The van der Waals surface area contributed by atoms with Crippen molar-refractivity contribution in [3.05, 3.63) is 33.9 Å². The van der Waals surface area contributed by atoms with Gasteiger partial charge in [-0.3, -0.25) is 15.0 Å². The van der Waals surface area contributed by atoms with Crippen LogP contribution in [0, 0.1) is 10.1 Å². The minimum Gasteiger partial charge on any atom is -0.475 e. The Kier molecular flexibility index (Phi) is 5.89. The van der Waals surface area contributed by atoms with E-state index in [1.165, 1.54) is 19.2 Å². The third-order valence-electron chi connectivity index (χ3n) is 3.88. The number of nitro benzene ring substituents is 1. The van der Waals surface area contributed by atoms with Crippen LogP contribution in [-0.4, -0.2) is 55.7 Å². The van der Waals surface area contributed by atoms with E-state index in [1.807, 2.05) is 7.05 Å². The summed E-state index contributed by atoms with van der Waals surface area (Å²) in [6.07, 6.45) is 1.07. The molecule has 1 aromatic carbocycles. The minimum absolute atomic E-state index is 0.0642. The Morgan fingerprint density at radius 1 is 1.52 bits per heavy atom. The molecule has 2 rings (SSSR count). The molecule has 1 aliphatic heterocycles. The molecule has 0 aromatic heterocycles. The average molecular weight is 323 g/mol. The molecule has 126 valence electrons. The molecule has 1 atom stereocenters. The number of carbonyl (C=O) groups is 1. The summed E-state index contributed by atoms with van der Waals surface area (Å²) in [5.41, 5.74) is 0.681. The molecular weight excluding hydrogens is 302 g/mol. The lowest BCUT2D eigenvalue weighted by Gasteiger charge is -2.23. The summed E-state index contributed by atoms with van der Waals surface area (Å²) in [6, 6.07) is 5.23. The molecule has 0 aliphatic carbocycles. The van der Waals surface area contributed by atoms with E-state index in [1.54, 1.807) is 6.07 Å². The average Bonchev–Trinajstić information content (AvgIpc) is 3.07. The van der Waals surface area contributed by atoms with Gasteiger partial charge in [-0.1, -0.05) is 6.07 Å². The molecule has 8 heteroatoms. The van der Waals surface area contributed by atoms with Crippen LogP contribution in [0.5, 0.6) is 5.75 Å². The van der Waals surface area contributed by atoms with Gasteiger partial charge in [-0.05, 0) is 31.6 Å². The van der Waals surface area contributed by atoms with Gasteiger partial charge in [-0.25, -0.2) is 4.79 Å². The van der Waals surface area contributed by atoms with Crippen LogP contribution in [0.15, 0.2) is 18.2 Å². The smallest absolute Gasteiger partial charge is 0.343 e. The highest BCUT2D eigenvalue weighted by Crippen LogP contribution is 2.28. The van der Waals surface area contributed by atoms with Gasteiger partial charge in [0.15, 0.2) is 12.4 Å². The Morgan fingerprint density at radius 2 is 2.30 bits per heavy atom. The van der Waals surface area contributed by atoms with Crippen LogP contribution >= 0.6 is 0 Å². The number of methoxy groups -OCH3 is 1. The van der Waals surface area contributed by atoms with Crippen molar-refractivity contribution in [3.8, 4) is 5.75 Å². The fourth-order valence-electron chi connectivity index (χ4n) is 2.55. The molecule has 1 saturated heterocycles. The Bertz CT molecular complexity index is 572. The SMILES string of the molecule is COC(=O)COc1ccc(CN(C)C2CCNC2)cc1[N+](=O)[O-]. The number of nitrogens with one attached hydrogen (secondary N) is 1. The molecule has 0 spiro atoms. The second kappa shape index (κ2) is 7.89. The molecule has 8 nitrogen and oxygen atoms in total. The number of benzene rings is 1. The second-order valence-electron chi connectivity index (χ2n) is 5.49. The van der Waals surface area contributed by atoms with E-state index in [4.69, 9.17) is 4.74 Å². The van der Waals surface area contributed by atoms with Crippen LogP contribution < -0.4 is 10.1 Å². The van der Waals surface area contributed by atoms with Gasteiger partial charge in [0.05, 0.1) is 12.0 Å². The van der Waals surface area contributed by atoms with Gasteiger partial charge >= 0.3 is 11.7 Å². The van der Waals surface area contributed by atoms with Crippen molar-refractivity contribution in [2.75, 3.05) is 33.9 Å². The number of likely N-dealkylation sites (N-methyl/N-ethyl adjacent to an activating group) is 1. The van der Waals surface area contributed by atoms with Crippen LogP contribution in [0.25, 0.3) is 0 Å². The van der Waals surface area contributed by atoms with Crippen molar-refractivity contribution in [1.29, 1.82) is 0 Å². The zero-order chi connectivity index (χ0) is 16.8. The molecule has 0 saturated carbocycles. The first-order valence-electron chi connectivity index (χ1n) is 7.39. The van der Waals surface area contributed by atoms with E-state index in [0.717, 1.165) is 25.1 Å². The van der Waals surface area contributed by atoms with Crippen molar-refractivity contribution in [2.45, 2.75) is 19.0 Å².